The van der Waals surface area contributed by atoms with E-state index >= 15 is 0 Å². The van der Waals surface area contributed by atoms with Gasteiger partial charge in [0.05, 0.1) is 12.6 Å². The highest BCUT2D eigenvalue weighted by Crippen LogP contribution is 2.07. The summed E-state index contributed by atoms with van der Waals surface area (Å²) in [4.78, 5) is 11.8. The molecule has 0 radical (unpaired) electrons. The maximum Gasteiger partial charge on any atom is 0.244 e. The summed E-state index contributed by atoms with van der Waals surface area (Å²) in [5.74, 6) is 0.210. The van der Waals surface area contributed by atoms with E-state index in [2.05, 4.69) is 5.32 Å². The lowest BCUT2D eigenvalue weighted by Crippen LogP contribution is -2.40. The van der Waals surface area contributed by atoms with Gasteiger partial charge in [-0.2, -0.15) is 0 Å². The van der Waals surface area contributed by atoms with Crippen molar-refractivity contribution in [3.8, 4) is 0 Å². The molecule has 3 N–H and O–H groups in total. The van der Waals surface area contributed by atoms with Crippen LogP contribution in [0, 0.1) is 5.92 Å². The first-order chi connectivity index (χ1) is 9.02. The summed E-state index contributed by atoms with van der Waals surface area (Å²) < 4.78 is 5.09. The van der Waals surface area contributed by atoms with E-state index in [1.54, 1.807) is 25.3 Å². The molecule has 19 heavy (non-hydrogen) atoms. The number of rotatable bonds is 6. The van der Waals surface area contributed by atoms with E-state index in [9.17, 15) is 4.79 Å². The van der Waals surface area contributed by atoms with Crippen LogP contribution in [0.25, 0.3) is 6.08 Å². The molecule has 0 aliphatic rings. The minimum Gasteiger partial charge on any atom is -0.399 e. The highest BCUT2D eigenvalue weighted by Gasteiger charge is 2.14. The Labute approximate surface area is 114 Å². The highest BCUT2D eigenvalue weighted by molar-refractivity contribution is 5.91. The Morgan fingerprint density at radius 3 is 2.53 bits per heavy atom. The van der Waals surface area contributed by atoms with E-state index in [0.717, 1.165) is 5.56 Å². The maximum atomic E-state index is 11.8. The van der Waals surface area contributed by atoms with Gasteiger partial charge in [0.2, 0.25) is 5.91 Å². The predicted molar refractivity (Wildman–Crippen MR) is 78.5 cm³/mol. The smallest absolute Gasteiger partial charge is 0.244 e. The molecule has 0 bridgehead atoms. The molecule has 0 spiro atoms. The van der Waals surface area contributed by atoms with E-state index < -0.39 is 0 Å². The number of anilines is 1. The summed E-state index contributed by atoms with van der Waals surface area (Å²) in [5.41, 5.74) is 7.25. The zero-order valence-corrected chi connectivity index (χ0v) is 11.7. The average molecular weight is 262 g/mol. The number of nitrogens with one attached hydrogen (secondary N) is 1. The number of hydrogen-bond acceptors (Lipinski definition) is 3. The van der Waals surface area contributed by atoms with E-state index in [4.69, 9.17) is 10.5 Å². The Bertz CT molecular complexity index is 424. The predicted octanol–water partition coefficient (Wildman–Crippen LogP) is 2.07. The lowest BCUT2D eigenvalue weighted by Gasteiger charge is -2.20. The van der Waals surface area contributed by atoms with E-state index in [1.807, 2.05) is 26.0 Å². The SMILES string of the molecule is COCC(NC(=O)/C=C/c1ccc(N)cc1)C(C)C. The van der Waals surface area contributed by atoms with Gasteiger partial charge < -0.3 is 15.8 Å². The molecule has 0 aromatic heterocycles. The van der Waals surface area contributed by atoms with Crippen LogP contribution in [-0.4, -0.2) is 25.7 Å². The number of carbonyl (C=O) groups is 1. The first-order valence-corrected chi connectivity index (χ1v) is 6.36. The monoisotopic (exact) mass is 262 g/mol. The van der Waals surface area contributed by atoms with Crippen molar-refractivity contribution >= 4 is 17.7 Å². The van der Waals surface area contributed by atoms with Gasteiger partial charge in [-0.1, -0.05) is 26.0 Å². The Kier molecular flexibility index (Phi) is 6.09. The summed E-state index contributed by atoms with van der Waals surface area (Å²) in [6, 6.07) is 7.37. The van der Waals surface area contributed by atoms with Crippen LogP contribution < -0.4 is 11.1 Å². The summed E-state index contributed by atoms with van der Waals surface area (Å²) >= 11 is 0. The van der Waals surface area contributed by atoms with E-state index in [-0.39, 0.29) is 11.9 Å². The number of carbonyl (C=O) groups excluding carboxylic acids is 1. The maximum absolute atomic E-state index is 11.8. The summed E-state index contributed by atoms with van der Waals surface area (Å²) in [6.07, 6.45) is 3.29. The first-order valence-electron chi connectivity index (χ1n) is 6.36. The van der Waals surface area contributed by atoms with Crippen LogP contribution >= 0.6 is 0 Å². The molecule has 1 unspecified atom stereocenters. The van der Waals surface area contributed by atoms with Gasteiger partial charge >= 0.3 is 0 Å². The molecular weight excluding hydrogens is 240 g/mol. The zero-order chi connectivity index (χ0) is 14.3. The highest BCUT2D eigenvalue weighted by atomic mass is 16.5. The Morgan fingerprint density at radius 1 is 1.37 bits per heavy atom. The van der Waals surface area contributed by atoms with Gasteiger partial charge in [0, 0.05) is 18.9 Å². The molecule has 0 saturated carbocycles. The van der Waals surface area contributed by atoms with Crippen molar-refractivity contribution in [3.05, 3.63) is 35.9 Å². The third-order valence-corrected chi connectivity index (χ3v) is 2.84. The van der Waals surface area contributed by atoms with Crippen molar-refractivity contribution in [1.29, 1.82) is 0 Å². The molecular formula is C15H22N2O2. The Hall–Kier alpha value is -1.81. The van der Waals surface area contributed by atoms with Gasteiger partial charge in [0.1, 0.15) is 0 Å². The summed E-state index contributed by atoms with van der Waals surface area (Å²) in [7, 11) is 1.63. The van der Waals surface area contributed by atoms with Crippen molar-refractivity contribution in [1.82, 2.24) is 5.32 Å². The molecule has 1 amide bonds. The van der Waals surface area contributed by atoms with Gasteiger partial charge in [-0.05, 0) is 29.7 Å². The van der Waals surface area contributed by atoms with Gasteiger partial charge in [0.25, 0.3) is 0 Å². The average Bonchev–Trinajstić information content (AvgIpc) is 2.37. The summed E-state index contributed by atoms with van der Waals surface area (Å²) in [5, 5.41) is 2.92. The zero-order valence-electron chi connectivity index (χ0n) is 11.7. The largest absolute Gasteiger partial charge is 0.399 e. The molecule has 1 rings (SSSR count). The number of nitrogens with two attached hydrogens (primary N) is 1. The van der Waals surface area contributed by atoms with Crippen molar-refractivity contribution in [2.45, 2.75) is 19.9 Å². The lowest BCUT2D eigenvalue weighted by atomic mass is 10.1. The topological polar surface area (TPSA) is 64.3 Å². The minimum absolute atomic E-state index is 0.0218. The van der Waals surface area contributed by atoms with Crippen molar-refractivity contribution in [2.75, 3.05) is 19.5 Å². The minimum atomic E-state index is -0.118. The fourth-order valence-electron chi connectivity index (χ4n) is 1.59. The van der Waals surface area contributed by atoms with Crippen molar-refractivity contribution < 1.29 is 9.53 Å². The first kappa shape index (κ1) is 15.2. The molecule has 104 valence electrons. The molecule has 0 aliphatic heterocycles. The number of benzene rings is 1. The van der Waals surface area contributed by atoms with Crippen LogP contribution in [0.3, 0.4) is 0 Å². The van der Waals surface area contributed by atoms with Gasteiger partial charge in [-0.15, -0.1) is 0 Å². The third-order valence-electron chi connectivity index (χ3n) is 2.84. The van der Waals surface area contributed by atoms with Crippen LogP contribution in [0.5, 0.6) is 0 Å². The van der Waals surface area contributed by atoms with Gasteiger partial charge in [-0.3, -0.25) is 4.79 Å². The lowest BCUT2D eigenvalue weighted by molar-refractivity contribution is -0.117. The normalized spacial score (nSPS) is 12.8. The number of methoxy groups -OCH3 is 1. The molecule has 4 nitrogen and oxygen atoms in total. The Morgan fingerprint density at radius 2 is 2.00 bits per heavy atom. The number of hydrogen-bond donors (Lipinski definition) is 2. The van der Waals surface area contributed by atoms with Crippen molar-refractivity contribution in [3.63, 3.8) is 0 Å². The second-order valence-electron chi connectivity index (χ2n) is 4.81. The van der Waals surface area contributed by atoms with Crippen LogP contribution in [-0.2, 0) is 9.53 Å². The van der Waals surface area contributed by atoms with Crippen LogP contribution in [0.15, 0.2) is 30.3 Å². The quantitative estimate of drug-likeness (QED) is 0.609. The number of ether oxygens (including phenoxy) is 1. The van der Waals surface area contributed by atoms with Crippen LogP contribution in [0.2, 0.25) is 0 Å². The molecule has 0 aliphatic carbocycles. The van der Waals surface area contributed by atoms with Gasteiger partial charge in [0.15, 0.2) is 0 Å². The molecule has 0 saturated heterocycles. The number of nitrogen functional groups attached to an aromatic ring is 1. The summed E-state index contributed by atoms with van der Waals surface area (Å²) in [6.45, 7) is 4.61. The van der Waals surface area contributed by atoms with E-state index in [1.165, 1.54) is 6.08 Å². The molecule has 1 aromatic carbocycles. The fraction of sp³-hybridized carbons (Fsp3) is 0.400. The fourth-order valence-corrected chi connectivity index (χ4v) is 1.59. The molecule has 0 heterocycles. The standard InChI is InChI=1S/C15H22N2O2/c1-11(2)14(10-19-3)17-15(18)9-6-12-4-7-13(16)8-5-12/h4-9,11,14H,10,16H2,1-3H3,(H,17,18)/b9-6+. The molecule has 1 aromatic rings. The molecule has 1 atom stereocenters. The Balaban J connectivity index is 2.56. The van der Waals surface area contributed by atoms with E-state index in [0.29, 0.717) is 18.2 Å². The van der Waals surface area contributed by atoms with Crippen LogP contribution in [0.4, 0.5) is 5.69 Å². The van der Waals surface area contributed by atoms with Crippen molar-refractivity contribution in [2.24, 2.45) is 5.92 Å². The molecule has 0 fully saturated rings. The molecule has 4 heteroatoms. The second kappa shape index (κ2) is 7.59. The number of amides is 1. The third kappa shape index (κ3) is 5.57. The van der Waals surface area contributed by atoms with Crippen LogP contribution in [0.1, 0.15) is 19.4 Å². The van der Waals surface area contributed by atoms with Gasteiger partial charge in [-0.25, -0.2) is 0 Å². The second-order valence-corrected chi connectivity index (χ2v) is 4.81.